The lowest BCUT2D eigenvalue weighted by molar-refractivity contribution is -0.206. The van der Waals surface area contributed by atoms with E-state index in [-0.39, 0.29) is 6.42 Å². The van der Waals surface area contributed by atoms with Gasteiger partial charge in [0, 0.05) is 19.4 Å². The summed E-state index contributed by atoms with van der Waals surface area (Å²) in [6.07, 6.45) is -13.1. The van der Waals surface area contributed by atoms with Crippen molar-refractivity contribution in [1.29, 1.82) is 0 Å². The third-order valence-corrected chi connectivity index (χ3v) is 2.44. The molecule has 1 radical (unpaired) electrons. The van der Waals surface area contributed by atoms with Crippen molar-refractivity contribution in [2.24, 2.45) is 0 Å². The maximum absolute atomic E-state index is 13.5. The molecule has 4 unspecified atom stereocenters. The molecule has 0 saturated carbocycles. The molecule has 0 aliphatic rings. The number of hydrogen-bond donors (Lipinski definition) is 1. The number of halogens is 4. The molecule has 4 atom stereocenters. The molecule has 0 fully saturated rings. The van der Waals surface area contributed by atoms with Crippen LogP contribution in [0, 0.1) is 0 Å². The Morgan fingerprint density at radius 3 is 2.32 bits per heavy atom. The number of ether oxygens (including phenoxy) is 2. The van der Waals surface area contributed by atoms with E-state index < -0.39 is 37.1 Å². The van der Waals surface area contributed by atoms with E-state index in [4.69, 9.17) is 4.74 Å². The van der Waals surface area contributed by atoms with Gasteiger partial charge in [-0.15, -0.1) is 0 Å². The monoisotopic (exact) mass is 289 g/mol. The molecule has 0 rings (SSSR count). The molecule has 0 amide bonds. The zero-order chi connectivity index (χ0) is 15.1. The summed E-state index contributed by atoms with van der Waals surface area (Å²) in [5.41, 5.74) is 0. The van der Waals surface area contributed by atoms with Crippen LogP contribution in [0.25, 0.3) is 0 Å². The predicted octanol–water partition coefficient (Wildman–Crippen LogP) is 1.91. The van der Waals surface area contributed by atoms with Crippen LogP contribution >= 0.6 is 0 Å². The molecule has 113 valence electrons. The van der Waals surface area contributed by atoms with Crippen LogP contribution in [-0.4, -0.2) is 48.8 Å². The lowest BCUT2D eigenvalue weighted by Gasteiger charge is -2.24. The van der Waals surface area contributed by atoms with Gasteiger partial charge in [-0.25, -0.2) is 9.18 Å². The van der Waals surface area contributed by atoms with E-state index in [0.29, 0.717) is 13.1 Å². The minimum Gasteiger partial charge on any atom is -0.444 e. The summed E-state index contributed by atoms with van der Waals surface area (Å²) >= 11 is 0. The lowest BCUT2D eigenvalue weighted by atomic mass is 10.0. The predicted molar refractivity (Wildman–Crippen MR) is 57.8 cm³/mol. The molecule has 0 aromatic rings. The van der Waals surface area contributed by atoms with E-state index in [2.05, 4.69) is 4.74 Å². The van der Waals surface area contributed by atoms with Crippen molar-refractivity contribution >= 4 is 6.47 Å². The van der Waals surface area contributed by atoms with Crippen LogP contribution < -0.4 is 0 Å². The molecular weight excluding hydrogens is 272 g/mol. The van der Waals surface area contributed by atoms with Gasteiger partial charge in [0.25, 0.3) is 0 Å². The number of alkyl halides is 4. The van der Waals surface area contributed by atoms with Crippen molar-refractivity contribution in [3.05, 3.63) is 0 Å². The average Bonchev–Trinajstić information content (AvgIpc) is 2.27. The zero-order valence-electron chi connectivity index (χ0n) is 10.6. The second-order valence-electron chi connectivity index (χ2n) is 4.05. The average molecular weight is 289 g/mol. The van der Waals surface area contributed by atoms with Crippen LogP contribution in [0.5, 0.6) is 0 Å². The van der Waals surface area contributed by atoms with E-state index in [9.17, 15) is 27.5 Å². The highest BCUT2D eigenvalue weighted by Gasteiger charge is 2.44. The Morgan fingerprint density at radius 1 is 1.32 bits per heavy atom. The summed E-state index contributed by atoms with van der Waals surface area (Å²) in [6, 6.07) is 0. The molecule has 0 aromatic heterocycles. The highest BCUT2D eigenvalue weighted by molar-refractivity contribution is 5.38. The molecule has 8 heteroatoms. The second-order valence-corrected chi connectivity index (χ2v) is 4.05. The van der Waals surface area contributed by atoms with Gasteiger partial charge in [-0.3, -0.25) is 0 Å². The lowest BCUT2D eigenvalue weighted by Crippen LogP contribution is -2.38. The van der Waals surface area contributed by atoms with Crippen molar-refractivity contribution in [3.8, 4) is 0 Å². The van der Waals surface area contributed by atoms with Crippen molar-refractivity contribution in [2.75, 3.05) is 6.61 Å². The fraction of sp³-hybridized carbons (Fsp3) is 0.909. The maximum atomic E-state index is 13.5. The van der Waals surface area contributed by atoms with Gasteiger partial charge in [-0.2, -0.15) is 13.2 Å². The van der Waals surface area contributed by atoms with Gasteiger partial charge >= 0.3 is 12.6 Å². The van der Waals surface area contributed by atoms with Crippen molar-refractivity contribution in [3.63, 3.8) is 0 Å². The Labute approximate surface area is 108 Å². The van der Waals surface area contributed by atoms with Crippen LogP contribution in [0.4, 0.5) is 17.6 Å². The van der Waals surface area contributed by atoms with Crippen LogP contribution in [0.1, 0.15) is 26.7 Å². The topological polar surface area (TPSA) is 55.8 Å². The van der Waals surface area contributed by atoms with Crippen LogP contribution in [0.15, 0.2) is 0 Å². The highest BCUT2D eigenvalue weighted by atomic mass is 19.4. The molecule has 19 heavy (non-hydrogen) atoms. The second kappa shape index (κ2) is 8.31. The highest BCUT2D eigenvalue weighted by Crippen LogP contribution is 2.28. The smallest absolute Gasteiger partial charge is 0.425 e. The molecule has 0 aliphatic heterocycles. The first-order chi connectivity index (χ1) is 8.72. The van der Waals surface area contributed by atoms with E-state index in [1.165, 1.54) is 0 Å². The summed E-state index contributed by atoms with van der Waals surface area (Å²) in [4.78, 5) is 9.82. The van der Waals surface area contributed by atoms with Gasteiger partial charge in [0.1, 0.15) is 6.17 Å². The van der Waals surface area contributed by atoms with Crippen LogP contribution in [0.3, 0.4) is 0 Å². The summed E-state index contributed by atoms with van der Waals surface area (Å²) in [6.45, 7) is 4.25. The Bertz CT molecular complexity index is 260. The number of carbonyl (C=O) groups excluding carboxylic acids is 1. The van der Waals surface area contributed by atoms with Gasteiger partial charge in [0.2, 0.25) is 6.10 Å². The number of rotatable bonds is 9. The minimum atomic E-state index is -4.90. The first kappa shape index (κ1) is 18.1. The molecular formula is C11H17F4O4. The minimum absolute atomic E-state index is 0.148. The SMILES string of the molecule is CCOC(C)CC(O)C(F)CC(O[C]=O)C(F)(F)F. The quantitative estimate of drug-likeness (QED) is 0.659. The number of hydrogen-bond acceptors (Lipinski definition) is 4. The van der Waals surface area contributed by atoms with Gasteiger partial charge in [0.05, 0.1) is 12.2 Å². The maximum Gasteiger partial charge on any atom is 0.425 e. The van der Waals surface area contributed by atoms with Crippen molar-refractivity contribution in [2.45, 2.75) is 57.3 Å². The number of aliphatic hydroxyl groups excluding tert-OH is 1. The Kier molecular flexibility index (Phi) is 7.93. The molecule has 0 aromatic carbocycles. The van der Waals surface area contributed by atoms with Crippen molar-refractivity contribution in [1.82, 2.24) is 0 Å². The molecule has 0 saturated heterocycles. The van der Waals surface area contributed by atoms with E-state index in [0.717, 1.165) is 0 Å². The fourth-order valence-electron chi connectivity index (χ4n) is 1.51. The molecule has 0 bridgehead atoms. The Morgan fingerprint density at radius 2 is 1.89 bits per heavy atom. The van der Waals surface area contributed by atoms with Crippen molar-refractivity contribution < 1.29 is 36.9 Å². The van der Waals surface area contributed by atoms with Gasteiger partial charge in [-0.05, 0) is 13.8 Å². The molecule has 1 N–H and O–H groups in total. The van der Waals surface area contributed by atoms with Crippen LogP contribution in [-0.2, 0) is 14.3 Å². The van der Waals surface area contributed by atoms with Gasteiger partial charge in [-0.1, -0.05) is 0 Å². The normalized spacial score (nSPS) is 18.5. The fourth-order valence-corrected chi connectivity index (χ4v) is 1.51. The third kappa shape index (κ3) is 7.31. The summed E-state index contributed by atoms with van der Waals surface area (Å²) in [7, 11) is 0. The molecule has 0 heterocycles. The third-order valence-electron chi connectivity index (χ3n) is 2.44. The summed E-state index contributed by atoms with van der Waals surface area (Å²) in [5.74, 6) is 0. The van der Waals surface area contributed by atoms with E-state index in [1.807, 2.05) is 0 Å². The summed E-state index contributed by atoms with van der Waals surface area (Å²) in [5, 5.41) is 9.42. The Hall–Kier alpha value is -0.890. The first-order valence-corrected chi connectivity index (χ1v) is 5.75. The molecule has 4 nitrogen and oxygen atoms in total. The standard InChI is InChI=1S/C11H17F4O4/c1-3-18-7(2)4-9(17)8(12)5-10(19-6-16)11(13,14)15/h7-10,17H,3-5H2,1-2H3. The van der Waals surface area contributed by atoms with Gasteiger partial charge in [0.15, 0.2) is 0 Å². The molecule has 0 aliphatic carbocycles. The van der Waals surface area contributed by atoms with Gasteiger partial charge < -0.3 is 14.6 Å². The Balaban J connectivity index is 4.38. The number of aliphatic hydroxyl groups is 1. The van der Waals surface area contributed by atoms with Crippen LogP contribution in [0.2, 0.25) is 0 Å². The molecule has 0 spiro atoms. The van der Waals surface area contributed by atoms with E-state index in [1.54, 1.807) is 13.8 Å². The largest absolute Gasteiger partial charge is 0.444 e. The zero-order valence-corrected chi connectivity index (χ0v) is 10.6. The van der Waals surface area contributed by atoms with E-state index >= 15 is 0 Å². The summed E-state index contributed by atoms with van der Waals surface area (Å²) < 4.78 is 59.2. The first-order valence-electron chi connectivity index (χ1n) is 5.75.